The van der Waals surface area contributed by atoms with E-state index in [1.807, 2.05) is 0 Å². The van der Waals surface area contributed by atoms with Gasteiger partial charge in [0.1, 0.15) is 0 Å². The Morgan fingerprint density at radius 3 is 2.30 bits per heavy atom. The fourth-order valence-electron chi connectivity index (χ4n) is 3.82. The first-order valence-electron chi connectivity index (χ1n) is 7.94. The summed E-state index contributed by atoms with van der Waals surface area (Å²) in [7, 11) is 0. The molecule has 1 aliphatic heterocycles. The third-order valence-electron chi connectivity index (χ3n) is 5.13. The molecule has 1 saturated carbocycles. The fraction of sp³-hybridized carbons (Fsp3) is 0.938. The van der Waals surface area contributed by atoms with Gasteiger partial charge in [0, 0.05) is 19.5 Å². The minimum Gasteiger partial charge on any atom is -0.342 e. The van der Waals surface area contributed by atoms with Crippen molar-refractivity contribution in [2.75, 3.05) is 19.6 Å². The van der Waals surface area contributed by atoms with E-state index in [4.69, 9.17) is 5.73 Å². The maximum Gasteiger partial charge on any atom is 0.223 e. The molecule has 20 heavy (non-hydrogen) atoms. The van der Waals surface area contributed by atoms with Gasteiger partial charge in [-0.15, -0.1) is 12.4 Å². The lowest BCUT2D eigenvalue weighted by Crippen LogP contribution is -2.46. The summed E-state index contributed by atoms with van der Waals surface area (Å²) >= 11 is 0. The summed E-state index contributed by atoms with van der Waals surface area (Å²) in [5, 5.41) is 0. The Labute approximate surface area is 130 Å². The summed E-state index contributed by atoms with van der Waals surface area (Å²) in [5.41, 5.74) is 6.39. The molecule has 118 valence electrons. The second kappa shape index (κ2) is 7.13. The number of rotatable bonds is 3. The lowest BCUT2D eigenvalue weighted by atomic mass is 9.71. The van der Waals surface area contributed by atoms with Gasteiger partial charge in [-0.2, -0.15) is 0 Å². The Balaban J connectivity index is 0.00000200. The largest absolute Gasteiger partial charge is 0.342 e. The maximum absolute atomic E-state index is 12.6. The zero-order valence-electron chi connectivity index (χ0n) is 13.1. The van der Waals surface area contributed by atoms with Crippen LogP contribution in [0.2, 0.25) is 0 Å². The third-order valence-corrected chi connectivity index (χ3v) is 5.13. The van der Waals surface area contributed by atoms with Crippen molar-refractivity contribution in [1.29, 1.82) is 0 Å². The van der Waals surface area contributed by atoms with Crippen LogP contribution in [-0.4, -0.2) is 30.4 Å². The second-order valence-electron chi connectivity index (χ2n) is 7.52. The highest BCUT2D eigenvalue weighted by Crippen LogP contribution is 2.39. The van der Waals surface area contributed by atoms with E-state index in [9.17, 15) is 4.79 Å². The highest BCUT2D eigenvalue weighted by Gasteiger charge is 2.36. The highest BCUT2D eigenvalue weighted by molar-refractivity contribution is 5.85. The average Bonchev–Trinajstić information content (AvgIpc) is 2.38. The maximum atomic E-state index is 12.6. The first-order valence-corrected chi connectivity index (χ1v) is 7.94. The van der Waals surface area contributed by atoms with Crippen LogP contribution in [0.5, 0.6) is 0 Å². The molecular formula is C16H31ClN2O. The quantitative estimate of drug-likeness (QED) is 0.869. The molecule has 0 bridgehead atoms. The molecule has 0 unspecified atom stereocenters. The summed E-state index contributed by atoms with van der Waals surface area (Å²) in [6.45, 7) is 7.09. The summed E-state index contributed by atoms with van der Waals surface area (Å²) in [5.74, 6) is 0.347. The summed E-state index contributed by atoms with van der Waals surface area (Å²) in [6.07, 6.45) is 9.16. The number of hydrogen-bond donors (Lipinski definition) is 1. The van der Waals surface area contributed by atoms with E-state index in [1.165, 1.54) is 25.7 Å². The molecule has 2 aliphatic rings. The molecule has 1 heterocycles. The van der Waals surface area contributed by atoms with E-state index in [0.29, 0.717) is 18.9 Å². The molecule has 0 spiro atoms. The number of carbonyl (C=O) groups is 1. The van der Waals surface area contributed by atoms with Gasteiger partial charge in [-0.05, 0) is 43.1 Å². The molecule has 2 fully saturated rings. The Morgan fingerprint density at radius 2 is 1.75 bits per heavy atom. The summed E-state index contributed by atoms with van der Waals surface area (Å²) in [6, 6.07) is 0. The molecule has 0 atom stereocenters. The van der Waals surface area contributed by atoms with Crippen LogP contribution in [0.1, 0.15) is 65.2 Å². The van der Waals surface area contributed by atoms with Gasteiger partial charge < -0.3 is 10.6 Å². The van der Waals surface area contributed by atoms with E-state index < -0.39 is 0 Å². The third kappa shape index (κ3) is 4.36. The molecule has 2 rings (SSSR count). The van der Waals surface area contributed by atoms with E-state index in [-0.39, 0.29) is 23.2 Å². The lowest BCUT2D eigenvalue weighted by molar-refractivity contribution is -0.137. The van der Waals surface area contributed by atoms with Crippen LogP contribution in [0, 0.1) is 10.8 Å². The topological polar surface area (TPSA) is 46.3 Å². The molecule has 0 aromatic carbocycles. The van der Waals surface area contributed by atoms with Gasteiger partial charge in [0.15, 0.2) is 0 Å². The Morgan fingerprint density at radius 1 is 1.10 bits per heavy atom. The van der Waals surface area contributed by atoms with Crippen molar-refractivity contribution in [2.45, 2.75) is 65.2 Å². The van der Waals surface area contributed by atoms with Gasteiger partial charge in [-0.1, -0.05) is 33.1 Å². The molecule has 1 saturated heterocycles. The van der Waals surface area contributed by atoms with E-state index in [2.05, 4.69) is 18.7 Å². The first kappa shape index (κ1) is 17.8. The molecule has 1 aliphatic carbocycles. The van der Waals surface area contributed by atoms with E-state index >= 15 is 0 Å². The first-order chi connectivity index (χ1) is 8.96. The van der Waals surface area contributed by atoms with Crippen molar-refractivity contribution in [2.24, 2.45) is 16.6 Å². The van der Waals surface area contributed by atoms with Crippen molar-refractivity contribution in [3.8, 4) is 0 Å². The van der Waals surface area contributed by atoms with Crippen molar-refractivity contribution in [1.82, 2.24) is 4.90 Å². The van der Waals surface area contributed by atoms with Gasteiger partial charge in [-0.3, -0.25) is 4.79 Å². The molecule has 0 radical (unpaired) electrons. The predicted molar refractivity (Wildman–Crippen MR) is 86.0 cm³/mol. The second-order valence-corrected chi connectivity index (χ2v) is 7.52. The predicted octanol–water partition coefficient (Wildman–Crippen LogP) is 3.36. The van der Waals surface area contributed by atoms with E-state index in [0.717, 1.165) is 32.4 Å². The molecule has 3 nitrogen and oxygen atoms in total. The molecule has 2 N–H and O–H groups in total. The number of likely N-dealkylation sites (tertiary alicyclic amines) is 1. The Kier molecular flexibility index (Phi) is 6.33. The van der Waals surface area contributed by atoms with Crippen LogP contribution in [0.3, 0.4) is 0 Å². The number of halogens is 1. The SMILES string of the molecule is CC1(C)CCCN(C(=O)CC2(CN)CCCCC2)C1.Cl. The monoisotopic (exact) mass is 302 g/mol. The Hall–Kier alpha value is -0.280. The fourth-order valence-corrected chi connectivity index (χ4v) is 3.82. The van der Waals surface area contributed by atoms with Gasteiger partial charge in [0.25, 0.3) is 0 Å². The van der Waals surface area contributed by atoms with Gasteiger partial charge in [0.2, 0.25) is 5.91 Å². The van der Waals surface area contributed by atoms with Crippen molar-refractivity contribution >= 4 is 18.3 Å². The van der Waals surface area contributed by atoms with Crippen LogP contribution in [0.4, 0.5) is 0 Å². The number of piperidine rings is 1. The summed E-state index contributed by atoms with van der Waals surface area (Å²) in [4.78, 5) is 14.7. The number of carbonyl (C=O) groups excluding carboxylic acids is 1. The zero-order valence-corrected chi connectivity index (χ0v) is 13.9. The van der Waals surface area contributed by atoms with Crippen molar-refractivity contribution < 1.29 is 4.79 Å². The number of nitrogens with zero attached hydrogens (tertiary/aromatic N) is 1. The normalized spacial score (nSPS) is 24.9. The van der Waals surface area contributed by atoms with Gasteiger partial charge >= 0.3 is 0 Å². The number of hydrogen-bond acceptors (Lipinski definition) is 2. The smallest absolute Gasteiger partial charge is 0.223 e. The van der Waals surface area contributed by atoms with Crippen LogP contribution in [0.25, 0.3) is 0 Å². The van der Waals surface area contributed by atoms with Crippen molar-refractivity contribution in [3.05, 3.63) is 0 Å². The van der Waals surface area contributed by atoms with Crippen molar-refractivity contribution in [3.63, 3.8) is 0 Å². The molecule has 1 amide bonds. The van der Waals surface area contributed by atoms with Crippen LogP contribution < -0.4 is 5.73 Å². The lowest BCUT2D eigenvalue weighted by Gasteiger charge is -2.41. The van der Waals surface area contributed by atoms with Crippen LogP contribution in [0.15, 0.2) is 0 Å². The number of nitrogens with two attached hydrogens (primary N) is 1. The highest BCUT2D eigenvalue weighted by atomic mass is 35.5. The van der Waals surface area contributed by atoms with Gasteiger partial charge in [0.05, 0.1) is 0 Å². The molecule has 0 aromatic rings. The average molecular weight is 303 g/mol. The zero-order chi connectivity index (χ0) is 13.9. The van der Waals surface area contributed by atoms with Crippen LogP contribution in [-0.2, 0) is 4.79 Å². The summed E-state index contributed by atoms with van der Waals surface area (Å²) < 4.78 is 0. The standard InChI is InChI=1S/C16H30N2O.ClH/c1-15(2)7-6-10-18(13-15)14(19)11-16(12-17)8-4-3-5-9-16;/h3-13,17H2,1-2H3;1H. The minimum atomic E-state index is 0. The molecule has 4 heteroatoms. The molecular weight excluding hydrogens is 272 g/mol. The number of amides is 1. The van der Waals surface area contributed by atoms with E-state index in [1.54, 1.807) is 0 Å². The van der Waals surface area contributed by atoms with Gasteiger partial charge in [-0.25, -0.2) is 0 Å². The molecule has 0 aromatic heterocycles. The minimum absolute atomic E-state index is 0. The Bertz CT molecular complexity index is 324. The van der Waals surface area contributed by atoms with Crippen LogP contribution >= 0.6 is 12.4 Å².